The number of alkyl halides is 3. The first-order valence-electron chi connectivity index (χ1n) is 10.4. The van der Waals surface area contributed by atoms with Crippen LogP contribution in [0.2, 0.25) is 0 Å². The molecule has 33 heavy (non-hydrogen) atoms. The Morgan fingerprint density at radius 2 is 2.06 bits per heavy atom. The molecule has 3 aromatic heterocycles. The molecule has 1 saturated carbocycles. The number of carbonyl (C=O) groups excluding carboxylic acids is 1. The highest BCUT2D eigenvalue weighted by Crippen LogP contribution is 2.34. The number of hydrogen-bond acceptors (Lipinski definition) is 6. The Morgan fingerprint density at radius 3 is 2.76 bits per heavy atom. The SMILES string of the molecule is N#Cc1cc(-c2ccn3nc(NC(=O)C4CC4)cc3c2)c(OC2CN(CC(F)(F)F)C2)cn1. The summed E-state index contributed by atoms with van der Waals surface area (Å²) in [7, 11) is 0. The van der Waals surface area contributed by atoms with E-state index in [9.17, 15) is 23.2 Å². The van der Waals surface area contributed by atoms with E-state index in [1.165, 1.54) is 11.1 Å². The van der Waals surface area contributed by atoms with Crippen LogP contribution in [0.25, 0.3) is 16.6 Å². The minimum absolute atomic E-state index is 0.0397. The van der Waals surface area contributed by atoms with E-state index >= 15 is 0 Å². The van der Waals surface area contributed by atoms with Gasteiger partial charge in [-0.2, -0.15) is 23.5 Å². The van der Waals surface area contributed by atoms with Crippen molar-refractivity contribution in [2.75, 3.05) is 25.0 Å². The first kappa shape index (κ1) is 21.2. The van der Waals surface area contributed by atoms with Gasteiger partial charge in [0, 0.05) is 36.8 Å². The van der Waals surface area contributed by atoms with Crippen LogP contribution in [-0.4, -0.2) is 57.3 Å². The van der Waals surface area contributed by atoms with E-state index in [4.69, 9.17) is 4.74 Å². The lowest BCUT2D eigenvalue weighted by Crippen LogP contribution is -2.56. The number of aromatic nitrogens is 3. The summed E-state index contributed by atoms with van der Waals surface area (Å²) in [6.07, 6.45) is 0.284. The van der Waals surface area contributed by atoms with Gasteiger partial charge < -0.3 is 10.1 Å². The van der Waals surface area contributed by atoms with E-state index in [1.807, 2.05) is 12.1 Å². The van der Waals surface area contributed by atoms with Gasteiger partial charge in [0.25, 0.3) is 0 Å². The highest BCUT2D eigenvalue weighted by molar-refractivity contribution is 5.93. The predicted molar refractivity (Wildman–Crippen MR) is 111 cm³/mol. The number of fused-ring (bicyclic) bond motifs is 1. The Hall–Kier alpha value is -3.65. The molecule has 0 unspecified atom stereocenters. The largest absolute Gasteiger partial charge is 0.485 e. The Kier molecular flexibility index (Phi) is 5.17. The number of nitrogens with one attached hydrogen (secondary N) is 1. The number of halogens is 3. The van der Waals surface area contributed by atoms with Gasteiger partial charge >= 0.3 is 6.18 Å². The number of nitrogens with zero attached hydrogens (tertiary/aromatic N) is 5. The van der Waals surface area contributed by atoms with Crippen molar-refractivity contribution in [3.8, 4) is 22.9 Å². The molecule has 11 heteroatoms. The Balaban J connectivity index is 1.37. The molecule has 1 aliphatic carbocycles. The molecule has 170 valence electrons. The Labute approximate surface area is 186 Å². The minimum Gasteiger partial charge on any atom is -0.485 e. The summed E-state index contributed by atoms with van der Waals surface area (Å²) < 4.78 is 45.2. The second kappa shape index (κ2) is 8.04. The van der Waals surface area contributed by atoms with Crippen molar-refractivity contribution in [3.63, 3.8) is 0 Å². The van der Waals surface area contributed by atoms with Crippen molar-refractivity contribution in [2.45, 2.75) is 25.1 Å². The molecule has 1 aliphatic heterocycles. The number of rotatable bonds is 6. The summed E-state index contributed by atoms with van der Waals surface area (Å²) in [6, 6.07) is 8.94. The fourth-order valence-electron chi connectivity index (χ4n) is 3.78. The van der Waals surface area contributed by atoms with Crippen LogP contribution >= 0.6 is 0 Å². The van der Waals surface area contributed by atoms with E-state index < -0.39 is 18.8 Å². The third kappa shape index (κ3) is 4.75. The van der Waals surface area contributed by atoms with Gasteiger partial charge in [0.2, 0.25) is 5.91 Å². The molecule has 0 spiro atoms. The van der Waals surface area contributed by atoms with Crippen LogP contribution in [0.15, 0.2) is 36.7 Å². The Morgan fingerprint density at radius 1 is 1.27 bits per heavy atom. The van der Waals surface area contributed by atoms with Crippen LogP contribution in [0, 0.1) is 17.2 Å². The number of likely N-dealkylation sites (tertiary alicyclic amines) is 1. The van der Waals surface area contributed by atoms with E-state index in [1.54, 1.807) is 28.9 Å². The summed E-state index contributed by atoms with van der Waals surface area (Å²) in [4.78, 5) is 17.3. The van der Waals surface area contributed by atoms with Crippen LogP contribution < -0.4 is 10.1 Å². The van der Waals surface area contributed by atoms with Crippen LogP contribution in [0.3, 0.4) is 0 Å². The lowest BCUT2D eigenvalue weighted by molar-refractivity contribution is -0.162. The molecule has 3 aromatic rings. The van der Waals surface area contributed by atoms with Crippen LogP contribution in [0.4, 0.5) is 19.0 Å². The van der Waals surface area contributed by atoms with E-state index in [2.05, 4.69) is 15.4 Å². The number of anilines is 1. The molecule has 1 amide bonds. The fourth-order valence-corrected chi connectivity index (χ4v) is 3.78. The molecule has 0 atom stereocenters. The van der Waals surface area contributed by atoms with Crippen LogP contribution in [-0.2, 0) is 4.79 Å². The van der Waals surface area contributed by atoms with Crippen molar-refractivity contribution in [3.05, 3.63) is 42.4 Å². The average molecular weight is 456 g/mol. The quantitative estimate of drug-likeness (QED) is 0.612. The molecule has 1 N–H and O–H groups in total. The second-order valence-corrected chi connectivity index (χ2v) is 8.30. The van der Waals surface area contributed by atoms with E-state index in [0.717, 1.165) is 23.9 Å². The maximum absolute atomic E-state index is 12.5. The summed E-state index contributed by atoms with van der Waals surface area (Å²) in [5.74, 6) is 0.857. The zero-order valence-electron chi connectivity index (χ0n) is 17.3. The molecule has 0 radical (unpaired) electrons. The van der Waals surface area contributed by atoms with Gasteiger partial charge in [0.05, 0.1) is 18.3 Å². The number of carbonyl (C=O) groups is 1. The topological polar surface area (TPSA) is 95.5 Å². The monoisotopic (exact) mass is 456 g/mol. The van der Waals surface area contributed by atoms with Crippen LogP contribution in [0.1, 0.15) is 18.5 Å². The van der Waals surface area contributed by atoms with Gasteiger partial charge in [-0.3, -0.25) is 9.69 Å². The van der Waals surface area contributed by atoms with Gasteiger partial charge in [0.1, 0.15) is 23.6 Å². The first-order chi connectivity index (χ1) is 15.8. The van der Waals surface area contributed by atoms with Crippen molar-refractivity contribution in [2.24, 2.45) is 5.92 Å². The van der Waals surface area contributed by atoms with E-state index in [-0.39, 0.29) is 30.6 Å². The minimum atomic E-state index is -4.25. The third-order valence-electron chi connectivity index (χ3n) is 5.58. The molecule has 0 bridgehead atoms. The number of ether oxygens (including phenoxy) is 1. The maximum atomic E-state index is 12.5. The van der Waals surface area contributed by atoms with Gasteiger partial charge in [0.15, 0.2) is 5.82 Å². The van der Waals surface area contributed by atoms with Crippen molar-refractivity contribution < 1.29 is 22.7 Å². The van der Waals surface area contributed by atoms with Gasteiger partial charge in [-0.25, -0.2) is 9.50 Å². The summed E-state index contributed by atoms with van der Waals surface area (Å²) >= 11 is 0. The predicted octanol–water partition coefficient (Wildman–Crippen LogP) is 3.24. The summed E-state index contributed by atoms with van der Waals surface area (Å²) in [5, 5.41) is 16.4. The fraction of sp³-hybridized carbons (Fsp3) is 0.364. The van der Waals surface area contributed by atoms with E-state index in [0.29, 0.717) is 17.1 Å². The lowest BCUT2D eigenvalue weighted by Gasteiger charge is -2.39. The standard InChI is InChI=1S/C22H19F3N6O2/c23-22(24,25)12-30-10-17(11-30)33-19-9-27-15(8-26)6-18(19)14-3-4-31-16(5-14)7-20(29-31)28-21(32)13-1-2-13/h3-7,9,13,17H,1-2,10-12H2,(H,28,29,32). The molecule has 2 fully saturated rings. The molecule has 4 heterocycles. The molecule has 0 aromatic carbocycles. The maximum Gasteiger partial charge on any atom is 0.401 e. The molecular formula is C22H19F3N6O2. The molecule has 5 rings (SSSR count). The number of amides is 1. The molecule has 8 nitrogen and oxygen atoms in total. The highest BCUT2D eigenvalue weighted by atomic mass is 19.4. The first-order valence-corrected chi connectivity index (χ1v) is 10.4. The smallest absolute Gasteiger partial charge is 0.401 e. The molecular weight excluding hydrogens is 437 g/mol. The average Bonchev–Trinajstić information content (AvgIpc) is 3.51. The third-order valence-corrected chi connectivity index (χ3v) is 5.58. The normalized spacial score (nSPS) is 16.9. The summed E-state index contributed by atoms with van der Waals surface area (Å²) in [6.45, 7) is -0.655. The van der Waals surface area contributed by atoms with Crippen molar-refractivity contribution in [1.82, 2.24) is 19.5 Å². The van der Waals surface area contributed by atoms with Gasteiger partial charge in [-0.05, 0) is 36.6 Å². The second-order valence-electron chi connectivity index (χ2n) is 8.30. The van der Waals surface area contributed by atoms with Crippen molar-refractivity contribution >= 4 is 17.2 Å². The lowest BCUT2D eigenvalue weighted by atomic mass is 10.1. The zero-order chi connectivity index (χ0) is 23.2. The van der Waals surface area contributed by atoms with Gasteiger partial charge in [-0.15, -0.1) is 0 Å². The summed E-state index contributed by atoms with van der Waals surface area (Å²) in [5.41, 5.74) is 2.24. The highest BCUT2D eigenvalue weighted by Gasteiger charge is 2.38. The molecule has 2 aliphatic rings. The molecule has 1 saturated heterocycles. The van der Waals surface area contributed by atoms with Crippen LogP contribution in [0.5, 0.6) is 5.75 Å². The van der Waals surface area contributed by atoms with Gasteiger partial charge in [-0.1, -0.05) is 0 Å². The number of pyridine rings is 2. The number of hydrogen-bond donors (Lipinski definition) is 1. The Bertz CT molecular complexity index is 1260. The van der Waals surface area contributed by atoms with Crippen molar-refractivity contribution in [1.29, 1.82) is 5.26 Å². The number of nitriles is 1. The zero-order valence-corrected chi connectivity index (χ0v) is 17.3.